The van der Waals surface area contributed by atoms with Crippen LogP contribution in [0.15, 0.2) is 17.1 Å². The van der Waals surface area contributed by atoms with Crippen LogP contribution in [-0.4, -0.2) is 14.5 Å². The van der Waals surface area contributed by atoms with Crippen molar-refractivity contribution in [3.8, 4) is 0 Å². The van der Waals surface area contributed by atoms with Crippen molar-refractivity contribution in [2.45, 2.75) is 6.92 Å². The van der Waals surface area contributed by atoms with Crippen LogP contribution in [0.2, 0.25) is 0 Å². The van der Waals surface area contributed by atoms with Crippen molar-refractivity contribution >= 4 is 34.8 Å². The van der Waals surface area contributed by atoms with Gasteiger partial charge in [0.15, 0.2) is 0 Å². The molecular formula is C7H6SSe. The van der Waals surface area contributed by atoms with Crippen molar-refractivity contribution in [2.75, 3.05) is 0 Å². The van der Waals surface area contributed by atoms with Crippen molar-refractivity contribution in [2.24, 2.45) is 0 Å². The maximum atomic E-state index is 2.29. The summed E-state index contributed by atoms with van der Waals surface area (Å²) in [6.45, 7) is 2.17. The molecule has 0 aliphatic carbocycles. The van der Waals surface area contributed by atoms with Crippen LogP contribution >= 0.6 is 11.3 Å². The Morgan fingerprint density at radius 2 is 2.44 bits per heavy atom. The molecule has 46 valence electrons. The van der Waals surface area contributed by atoms with Crippen LogP contribution in [-0.2, 0) is 0 Å². The van der Waals surface area contributed by atoms with E-state index in [1.54, 1.807) is 3.57 Å². The third kappa shape index (κ3) is 0.876. The Morgan fingerprint density at radius 1 is 1.56 bits per heavy atom. The van der Waals surface area contributed by atoms with Gasteiger partial charge in [-0.2, -0.15) is 0 Å². The fourth-order valence-corrected chi connectivity index (χ4v) is 4.34. The summed E-state index contributed by atoms with van der Waals surface area (Å²) in [5, 5.41) is 1.47. The van der Waals surface area contributed by atoms with Gasteiger partial charge in [-0.25, -0.2) is 0 Å². The van der Waals surface area contributed by atoms with Crippen LogP contribution in [0.3, 0.4) is 0 Å². The van der Waals surface area contributed by atoms with E-state index in [4.69, 9.17) is 0 Å². The fourth-order valence-electron chi connectivity index (χ4n) is 0.890. The van der Waals surface area contributed by atoms with Crippen molar-refractivity contribution in [3.63, 3.8) is 0 Å². The van der Waals surface area contributed by atoms with Gasteiger partial charge >= 0.3 is 63.7 Å². The number of aryl methyl sites for hydroxylation is 1. The zero-order valence-electron chi connectivity index (χ0n) is 5.05. The number of hydrogen-bond donors (Lipinski definition) is 0. The molecule has 0 aliphatic rings. The summed E-state index contributed by atoms with van der Waals surface area (Å²) in [4.78, 5) is 3.74. The van der Waals surface area contributed by atoms with Crippen LogP contribution in [0.4, 0.5) is 0 Å². The molecule has 0 fully saturated rings. The monoisotopic (exact) mass is 202 g/mol. The van der Waals surface area contributed by atoms with Gasteiger partial charge in [0.2, 0.25) is 0 Å². The first kappa shape index (κ1) is 5.72. The van der Waals surface area contributed by atoms with Gasteiger partial charge in [-0.1, -0.05) is 0 Å². The molecule has 2 rings (SSSR count). The number of thiophene rings is 1. The molecule has 0 aromatic carbocycles. The van der Waals surface area contributed by atoms with Gasteiger partial charge in [0.25, 0.3) is 0 Å². The van der Waals surface area contributed by atoms with Crippen LogP contribution in [0, 0.1) is 6.92 Å². The van der Waals surface area contributed by atoms with Gasteiger partial charge in [-0.15, -0.1) is 0 Å². The van der Waals surface area contributed by atoms with Gasteiger partial charge in [0.05, 0.1) is 0 Å². The summed E-state index contributed by atoms with van der Waals surface area (Å²) in [5.74, 6) is 0. The van der Waals surface area contributed by atoms with Crippen LogP contribution in [0.25, 0.3) is 8.96 Å². The Labute approximate surface area is 63.9 Å². The first-order chi connectivity index (χ1) is 4.36. The molecule has 0 radical (unpaired) electrons. The Bertz CT molecular complexity index is 290. The quantitative estimate of drug-likeness (QED) is 0.573. The normalized spacial score (nSPS) is 10.8. The van der Waals surface area contributed by atoms with E-state index >= 15 is 0 Å². The topological polar surface area (TPSA) is 0 Å². The van der Waals surface area contributed by atoms with Crippen LogP contribution in [0.5, 0.6) is 0 Å². The molecule has 0 spiro atoms. The number of hydrogen-bond acceptors (Lipinski definition) is 1. The Kier molecular flexibility index (Phi) is 1.26. The fraction of sp³-hybridized carbons (Fsp3) is 0.143. The van der Waals surface area contributed by atoms with Gasteiger partial charge in [-0.3, -0.25) is 0 Å². The molecule has 0 nitrogen and oxygen atoms in total. The van der Waals surface area contributed by atoms with Gasteiger partial charge in [0, 0.05) is 0 Å². The molecule has 0 atom stereocenters. The molecule has 0 bridgehead atoms. The van der Waals surface area contributed by atoms with Crippen LogP contribution < -0.4 is 0 Å². The minimum atomic E-state index is 0.661. The maximum absolute atomic E-state index is 2.29. The van der Waals surface area contributed by atoms with Gasteiger partial charge < -0.3 is 0 Å². The molecule has 0 saturated heterocycles. The molecule has 0 saturated carbocycles. The average Bonchev–Trinajstić information content (AvgIpc) is 2.22. The molecule has 2 heteroatoms. The zero-order chi connectivity index (χ0) is 6.27. The summed E-state index contributed by atoms with van der Waals surface area (Å²) in [6, 6.07) is 4.50. The Morgan fingerprint density at radius 3 is 3.22 bits per heavy atom. The summed E-state index contributed by atoms with van der Waals surface area (Å²) in [5.41, 5.74) is 0. The third-order valence-electron chi connectivity index (χ3n) is 1.27. The number of fused-ring (bicyclic) bond motifs is 1. The molecule has 2 aromatic rings. The summed E-state index contributed by atoms with van der Waals surface area (Å²) < 4.78 is 1.60. The third-order valence-corrected chi connectivity index (χ3v) is 4.67. The van der Waals surface area contributed by atoms with E-state index in [-0.39, 0.29) is 0 Å². The summed E-state index contributed by atoms with van der Waals surface area (Å²) in [7, 11) is 0. The molecular weight excluding hydrogens is 195 g/mol. The van der Waals surface area contributed by atoms with Crippen molar-refractivity contribution in [1.29, 1.82) is 0 Å². The van der Waals surface area contributed by atoms with Gasteiger partial charge in [-0.05, 0) is 0 Å². The molecule has 2 heterocycles. The minimum absolute atomic E-state index is 0.661. The second-order valence-corrected chi connectivity index (χ2v) is 5.78. The standard InChI is InChI=1S/C7H6SSe/c1-5-4-6-2-3-9-7(6)8-5/h2-4H,1H3. The molecule has 9 heavy (non-hydrogen) atoms. The van der Waals surface area contributed by atoms with E-state index in [0.29, 0.717) is 14.5 Å². The van der Waals surface area contributed by atoms with E-state index in [0.717, 1.165) is 0 Å². The van der Waals surface area contributed by atoms with E-state index in [1.165, 1.54) is 10.3 Å². The van der Waals surface area contributed by atoms with E-state index in [2.05, 4.69) is 24.0 Å². The van der Waals surface area contributed by atoms with Crippen molar-refractivity contribution in [1.82, 2.24) is 0 Å². The van der Waals surface area contributed by atoms with Crippen molar-refractivity contribution < 1.29 is 0 Å². The van der Waals surface area contributed by atoms with E-state index < -0.39 is 0 Å². The molecule has 0 N–H and O–H groups in total. The molecule has 2 aromatic heterocycles. The first-order valence-electron chi connectivity index (χ1n) is 2.80. The number of rotatable bonds is 0. The summed E-state index contributed by atoms with van der Waals surface area (Å²) in [6.07, 6.45) is 0. The average molecular weight is 201 g/mol. The Balaban J connectivity index is 2.92. The second kappa shape index (κ2) is 1.98. The SMILES string of the molecule is Cc1cc2cc[se]c2s1. The van der Waals surface area contributed by atoms with Crippen molar-refractivity contribution in [3.05, 3.63) is 22.0 Å². The molecule has 0 amide bonds. The van der Waals surface area contributed by atoms with Crippen LogP contribution in [0.1, 0.15) is 4.88 Å². The zero-order valence-corrected chi connectivity index (χ0v) is 7.58. The summed E-state index contributed by atoms with van der Waals surface area (Å²) >= 11 is 2.60. The molecule has 0 unspecified atom stereocenters. The second-order valence-electron chi connectivity index (χ2n) is 2.02. The first-order valence-corrected chi connectivity index (χ1v) is 5.46. The predicted molar refractivity (Wildman–Crippen MR) is 43.5 cm³/mol. The molecule has 0 aliphatic heterocycles. The van der Waals surface area contributed by atoms with E-state index in [1.807, 2.05) is 11.3 Å². The Hall–Kier alpha value is -0.0405. The van der Waals surface area contributed by atoms with E-state index in [9.17, 15) is 0 Å². The van der Waals surface area contributed by atoms with Gasteiger partial charge in [0.1, 0.15) is 0 Å². The predicted octanol–water partition coefficient (Wildman–Crippen LogP) is 2.27.